The summed E-state index contributed by atoms with van der Waals surface area (Å²) in [7, 11) is 1.67. The molecule has 0 bridgehead atoms. The number of hydrogen-bond acceptors (Lipinski definition) is 3. The van der Waals surface area contributed by atoms with E-state index in [1.165, 1.54) is 12.1 Å². The van der Waals surface area contributed by atoms with E-state index < -0.39 is 11.6 Å². The highest BCUT2D eigenvalue weighted by molar-refractivity contribution is 7.80. The summed E-state index contributed by atoms with van der Waals surface area (Å²) in [6.07, 6.45) is 0. The smallest absolute Gasteiger partial charge is 0.182 e. The number of benzene rings is 1. The van der Waals surface area contributed by atoms with Crippen LogP contribution < -0.4 is 10.6 Å². The van der Waals surface area contributed by atoms with Gasteiger partial charge in [-0.1, -0.05) is 18.3 Å². The molecule has 0 unspecified atom stereocenters. The van der Waals surface area contributed by atoms with Gasteiger partial charge >= 0.3 is 0 Å². The maximum absolute atomic E-state index is 14.1. The van der Waals surface area contributed by atoms with E-state index in [4.69, 9.17) is 5.73 Å². The van der Waals surface area contributed by atoms with Gasteiger partial charge in [0, 0.05) is 18.3 Å². The molecule has 2 N–H and O–H groups in total. The average molecular weight is 307 g/mol. The molecule has 2 rings (SSSR count). The predicted molar refractivity (Wildman–Crippen MR) is 83.3 cm³/mol. The molecule has 0 aliphatic carbocycles. The first-order valence-electron chi connectivity index (χ1n) is 6.31. The maximum Gasteiger partial charge on any atom is 0.182 e. The lowest BCUT2D eigenvalue weighted by Gasteiger charge is -2.20. The summed E-state index contributed by atoms with van der Waals surface area (Å²) in [6, 6.07) is 8.43. The van der Waals surface area contributed by atoms with Crippen LogP contribution in [0.15, 0.2) is 30.3 Å². The fourth-order valence-electron chi connectivity index (χ4n) is 2.04. The first-order chi connectivity index (χ1) is 9.90. The molecule has 1 aromatic heterocycles. The molecule has 0 saturated carbocycles. The molecule has 110 valence electrons. The van der Waals surface area contributed by atoms with Crippen LogP contribution in [-0.4, -0.2) is 17.0 Å². The Morgan fingerprint density at radius 3 is 2.57 bits per heavy atom. The second-order valence-corrected chi connectivity index (χ2v) is 5.19. The normalized spacial score (nSPS) is 10.5. The second kappa shape index (κ2) is 6.13. The molecule has 21 heavy (non-hydrogen) atoms. The lowest BCUT2D eigenvalue weighted by molar-refractivity contribution is 0.506. The van der Waals surface area contributed by atoms with Gasteiger partial charge in [-0.3, -0.25) is 4.98 Å². The minimum Gasteiger partial charge on any atom is -0.389 e. The van der Waals surface area contributed by atoms with Gasteiger partial charge in [-0.2, -0.15) is 0 Å². The van der Waals surface area contributed by atoms with E-state index in [-0.39, 0.29) is 16.2 Å². The van der Waals surface area contributed by atoms with E-state index in [0.29, 0.717) is 6.54 Å². The molecule has 1 heterocycles. The lowest BCUT2D eigenvalue weighted by Crippen LogP contribution is -2.21. The zero-order valence-electron chi connectivity index (χ0n) is 11.7. The number of aromatic nitrogens is 1. The molecular formula is C15H15F2N3S. The summed E-state index contributed by atoms with van der Waals surface area (Å²) in [6.45, 7) is 2.24. The Morgan fingerprint density at radius 2 is 1.95 bits per heavy atom. The Kier molecular flexibility index (Phi) is 4.47. The molecule has 2 aromatic rings. The fraction of sp³-hybridized carbons (Fsp3) is 0.200. The number of nitrogens with two attached hydrogens (primary N) is 1. The zero-order valence-corrected chi connectivity index (χ0v) is 12.5. The van der Waals surface area contributed by atoms with E-state index in [2.05, 4.69) is 17.2 Å². The van der Waals surface area contributed by atoms with Crippen molar-refractivity contribution in [3.05, 3.63) is 58.9 Å². The molecule has 0 aliphatic rings. The molecule has 0 amide bonds. The quantitative estimate of drug-likeness (QED) is 0.882. The summed E-state index contributed by atoms with van der Waals surface area (Å²) in [5.41, 5.74) is 7.04. The van der Waals surface area contributed by atoms with Gasteiger partial charge in [0.05, 0.1) is 17.9 Å². The van der Waals surface area contributed by atoms with Gasteiger partial charge in [0.1, 0.15) is 4.99 Å². The lowest BCUT2D eigenvalue weighted by atomic mass is 10.1. The largest absolute Gasteiger partial charge is 0.389 e. The van der Waals surface area contributed by atoms with Gasteiger partial charge in [0.15, 0.2) is 11.6 Å². The van der Waals surface area contributed by atoms with Crippen LogP contribution in [0, 0.1) is 18.6 Å². The number of rotatable bonds is 4. The van der Waals surface area contributed by atoms with Gasteiger partial charge in [-0.15, -0.1) is 0 Å². The maximum atomic E-state index is 14.1. The summed E-state index contributed by atoms with van der Waals surface area (Å²) >= 11 is 4.68. The van der Waals surface area contributed by atoms with Gasteiger partial charge in [0.25, 0.3) is 0 Å². The molecule has 0 atom stereocenters. The van der Waals surface area contributed by atoms with Crippen LogP contribution >= 0.6 is 12.2 Å². The summed E-state index contributed by atoms with van der Waals surface area (Å²) in [5.74, 6) is -1.99. The third-order valence-corrected chi connectivity index (χ3v) is 3.30. The van der Waals surface area contributed by atoms with Crippen LogP contribution in [0.4, 0.5) is 14.5 Å². The first kappa shape index (κ1) is 15.3. The number of pyridine rings is 1. The monoisotopic (exact) mass is 307 g/mol. The third-order valence-electron chi connectivity index (χ3n) is 3.08. The second-order valence-electron chi connectivity index (χ2n) is 4.75. The van der Waals surface area contributed by atoms with Crippen LogP contribution in [-0.2, 0) is 6.54 Å². The Balaban J connectivity index is 2.29. The first-order valence-corrected chi connectivity index (χ1v) is 6.72. The molecule has 3 nitrogen and oxygen atoms in total. The molecule has 0 fully saturated rings. The molecule has 0 saturated heterocycles. The highest BCUT2D eigenvalue weighted by Crippen LogP contribution is 2.24. The Labute approximate surface area is 127 Å². The van der Waals surface area contributed by atoms with Crippen molar-refractivity contribution in [3.8, 4) is 0 Å². The van der Waals surface area contributed by atoms with Crippen LogP contribution in [0.2, 0.25) is 0 Å². The number of anilines is 1. The van der Waals surface area contributed by atoms with Crippen molar-refractivity contribution in [2.45, 2.75) is 13.5 Å². The van der Waals surface area contributed by atoms with Gasteiger partial charge in [-0.25, -0.2) is 8.78 Å². The van der Waals surface area contributed by atoms with Crippen LogP contribution in [0.5, 0.6) is 0 Å². The third kappa shape index (κ3) is 3.33. The predicted octanol–water partition coefficient (Wildman–Crippen LogP) is 2.94. The number of nitrogens with zero attached hydrogens (tertiary/aromatic N) is 2. The summed E-state index contributed by atoms with van der Waals surface area (Å²) < 4.78 is 28.0. The van der Waals surface area contributed by atoms with Crippen molar-refractivity contribution in [2.75, 3.05) is 11.9 Å². The molecular weight excluding hydrogens is 292 g/mol. The molecule has 0 spiro atoms. The van der Waals surface area contributed by atoms with Crippen molar-refractivity contribution < 1.29 is 8.78 Å². The van der Waals surface area contributed by atoms with Gasteiger partial charge in [0.2, 0.25) is 0 Å². The summed E-state index contributed by atoms with van der Waals surface area (Å²) in [4.78, 5) is 5.76. The Bertz CT molecular complexity index is 689. The minimum atomic E-state index is -1.02. The molecule has 0 radical (unpaired) electrons. The highest BCUT2D eigenvalue weighted by Gasteiger charge is 2.17. The topological polar surface area (TPSA) is 42.1 Å². The van der Waals surface area contributed by atoms with Gasteiger partial charge < -0.3 is 10.6 Å². The molecule has 1 aromatic carbocycles. The number of halogens is 2. The van der Waals surface area contributed by atoms with E-state index >= 15 is 0 Å². The zero-order chi connectivity index (χ0) is 15.6. The van der Waals surface area contributed by atoms with Gasteiger partial charge in [-0.05, 0) is 31.2 Å². The Hall–Kier alpha value is -2.08. The van der Waals surface area contributed by atoms with E-state index in [1.807, 2.05) is 25.1 Å². The van der Waals surface area contributed by atoms with Crippen LogP contribution in [0.1, 0.15) is 17.0 Å². The van der Waals surface area contributed by atoms with Crippen LogP contribution in [0.3, 0.4) is 0 Å². The fourth-order valence-corrected chi connectivity index (χ4v) is 2.20. The van der Waals surface area contributed by atoms with Crippen molar-refractivity contribution in [1.82, 2.24) is 4.98 Å². The standard InChI is InChI=1S/C15H15F2N3S/c1-9-4-3-5-10(19-9)8-20(2)12-7-6-11(15(18)21)13(16)14(12)17/h3-7H,8H2,1-2H3,(H2,18,21). The van der Waals surface area contributed by atoms with Crippen molar-refractivity contribution >= 4 is 22.9 Å². The van der Waals surface area contributed by atoms with E-state index in [1.54, 1.807) is 11.9 Å². The van der Waals surface area contributed by atoms with Crippen molar-refractivity contribution in [2.24, 2.45) is 5.73 Å². The number of aryl methyl sites for hydroxylation is 1. The van der Waals surface area contributed by atoms with E-state index in [9.17, 15) is 8.78 Å². The van der Waals surface area contributed by atoms with Crippen LogP contribution in [0.25, 0.3) is 0 Å². The van der Waals surface area contributed by atoms with Crippen molar-refractivity contribution in [3.63, 3.8) is 0 Å². The Morgan fingerprint density at radius 1 is 1.24 bits per heavy atom. The van der Waals surface area contributed by atoms with Crippen molar-refractivity contribution in [1.29, 1.82) is 0 Å². The average Bonchev–Trinajstić information content (AvgIpc) is 2.41. The van der Waals surface area contributed by atoms with E-state index in [0.717, 1.165) is 11.4 Å². The molecule has 6 heteroatoms. The number of hydrogen-bond donors (Lipinski definition) is 1. The minimum absolute atomic E-state index is 0.0895. The number of thiocarbonyl (C=S) groups is 1. The summed E-state index contributed by atoms with van der Waals surface area (Å²) in [5, 5.41) is 0. The SMILES string of the molecule is Cc1cccc(CN(C)c2ccc(C(N)=S)c(F)c2F)n1. The highest BCUT2D eigenvalue weighted by atomic mass is 32.1. The molecule has 0 aliphatic heterocycles.